The molecule has 3 heterocycles. The van der Waals surface area contributed by atoms with Gasteiger partial charge in [0, 0.05) is 35.3 Å². The van der Waals surface area contributed by atoms with E-state index in [0.717, 1.165) is 11.4 Å². The normalized spacial score (nSPS) is 11.4. The van der Waals surface area contributed by atoms with Gasteiger partial charge in [0.2, 0.25) is 0 Å². The summed E-state index contributed by atoms with van der Waals surface area (Å²) in [6, 6.07) is 8.37. The Morgan fingerprint density at radius 3 is 2.81 bits per heavy atom. The van der Waals surface area contributed by atoms with Crippen molar-refractivity contribution in [1.82, 2.24) is 25.1 Å². The Labute approximate surface area is 177 Å². The number of anilines is 3. The van der Waals surface area contributed by atoms with Crippen LogP contribution in [0.4, 0.5) is 21.8 Å². The van der Waals surface area contributed by atoms with Gasteiger partial charge in [0.15, 0.2) is 17.4 Å². The molecular formula is C21H22FN7O2. The highest BCUT2D eigenvalue weighted by atomic mass is 19.1. The second-order valence-corrected chi connectivity index (χ2v) is 6.80. The number of aryl methyl sites for hydroxylation is 1. The van der Waals surface area contributed by atoms with Crippen LogP contribution >= 0.6 is 0 Å². The molecule has 31 heavy (non-hydrogen) atoms. The van der Waals surface area contributed by atoms with Gasteiger partial charge in [0.25, 0.3) is 0 Å². The number of aliphatic hydroxyl groups is 1. The summed E-state index contributed by atoms with van der Waals surface area (Å²) in [5.41, 5.74) is 2.35. The molecule has 5 N–H and O–H groups in total. The highest BCUT2D eigenvalue weighted by Gasteiger charge is 2.14. The highest BCUT2D eigenvalue weighted by Crippen LogP contribution is 2.30. The van der Waals surface area contributed by atoms with Gasteiger partial charge in [-0.2, -0.15) is 15.1 Å². The first kappa shape index (κ1) is 20.4. The number of hydrogen-bond acceptors (Lipinski definition) is 7. The average Bonchev–Trinajstić information content (AvgIpc) is 3.35. The van der Waals surface area contributed by atoms with Gasteiger partial charge in [-0.25, -0.2) is 4.39 Å². The van der Waals surface area contributed by atoms with Crippen molar-refractivity contribution in [2.75, 3.05) is 23.8 Å². The smallest absolute Gasteiger partial charge is 0.326 e. The van der Waals surface area contributed by atoms with E-state index in [1.165, 1.54) is 6.07 Å². The lowest BCUT2D eigenvalue weighted by Crippen LogP contribution is -2.09. The lowest BCUT2D eigenvalue weighted by molar-refractivity contribution is 0.311. The third-order valence-corrected chi connectivity index (χ3v) is 4.36. The minimum Gasteiger partial charge on any atom is -0.421 e. The molecule has 0 saturated carbocycles. The Bertz CT molecular complexity index is 1230. The Morgan fingerprint density at radius 1 is 1.16 bits per heavy atom. The number of aromatic nitrogens is 5. The van der Waals surface area contributed by atoms with Crippen molar-refractivity contribution >= 4 is 34.4 Å². The Kier molecular flexibility index (Phi) is 5.80. The first-order valence-electron chi connectivity index (χ1n) is 9.70. The van der Waals surface area contributed by atoms with Gasteiger partial charge in [0.1, 0.15) is 11.6 Å². The molecule has 0 fully saturated rings. The number of nitrogens with one attached hydrogen (secondary N) is 4. The number of aromatic amines is 2. The molecule has 1 aromatic carbocycles. The van der Waals surface area contributed by atoms with Crippen LogP contribution in [-0.4, -0.2) is 43.4 Å². The minimum atomic E-state index is -0.503. The van der Waals surface area contributed by atoms with Crippen molar-refractivity contribution in [2.45, 2.75) is 13.8 Å². The molecule has 9 nitrogen and oxygen atoms in total. The second-order valence-electron chi connectivity index (χ2n) is 6.80. The number of benzene rings is 1. The van der Waals surface area contributed by atoms with Crippen LogP contribution in [0.15, 0.2) is 36.4 Å². The number of H-pyrrole nitrogens is 2. The number of rotatable bonds is 8. The van der Waals surface area contributed by atoms with Crippen LogP contribution in [0.5, 0.6) is 11.8 Å². The fraction of sp³-hybridized carbons (Fsp3) is 0.190. The summed E-state index contributed by atoms with van der Waals surface area (Å²) in [6.07, 6.45) is 3.77. The number of allylic oxidation sites excluding steroid dienone is 1. The summed E-state index contributed by atoms with van der Waals surface area (Å²) in [5.74, 6) is 0.845. The van der Waals surface area contributed by atoms with Crippen molar-refractivity contribution < 1.29 is 14.2 Å². The molecule has 0 aliphatic carbocycles. The van der Waals surface area contributed by atoms with Gasteiger partial charge in [-0.05, 0) is 38.1 Å². The van der Waals surface area contributed by atoms with Gasteiger partial charge >= 0.3 is 6.01 Å². The van der Waals surface area contributed by atoms with Crippen LogP contribution in [0.3, 0.4) is 0 Å². The van der Waals surface area contributed by atoms with Crippen molar-refractivity contribution in [3.8, 4) is 11.8 Å². The first-order valence-corrected chi connectivity index (χ1v) is 9.70. The number of ether oxygens (including phenoxy) is 1. The number of aliphatic hydroxyl groups excluding tert-OH is 1. The number of halogens is 1. The standard InChI is InChI=1S/C21H22FN7O2/c1-3-4-13-10-19(29-28-13)25-18-11-17(23-7-8-30)26-21(27-18)31-16-6-5-15-14(20(16)22)9-12(2)24-15/h3-6,9-11,24,30H,7-8H2,1-2H3,(H3,23,25,26,27,28,29)/b4-3+. The molecule has 4 rings (SSSR count). The van der Waals surface area contributed by atoms with E-state index in [1.54, 1.807) is 18.2 Å². The van der Waals surface area contributed by atoms with Crippen molar-refractivity contribution in [2.24, 2.45) is 0 Å². The van der Waals surface area contributed by atoms with Crippen LogP contribution in [-0.2, 0) is 0 Å². The van der Waals surface area contributed by atoms with E-state index < -0.39 is 5.82 Å². The second kappa shape index (κ2) is 8.84. The van der Waals surface area contributed by atoms with Crippen LogP contribution in [0.25, 0.3) is 17.0 Å². The molecule has 0 aliphatic heterocycles. The molecule has 0 bridgehead atoms. The van der Waals surface area contributed by atoms with Gasteiger partial charge in [-0.15, -0.1) is 0 Å². The van der Waals surface area contributed by atoms with Crippen LogP contribution in [0, 0.1) is 12.7 Å². The van der Waals surface area contributed by atoms with Crippen molar-refractivity contribution in [1.29, 1.82) is 0 Å². The lowest BCUT2D eigenvalue weighted by Gasteiger charge is -2.11. The predicted molar refractivity (Wildman–Crippen MR) is 117 cm³/mol. The summed E-state index contributed by atoms with van der Waals surface area (Å²) >= 11 is 0. The topological polar surface area (TPSA) is 124 Å². The van der Waals surface area contributed by atoms with E-state index in [1.807, 2.05) is 32.1 Å². The maximum atomic E-state index is 14.9. The molecule has 0 unspecified atom stereocenters. The predicted octanol–water partition coefficient (Wildman–Crippen LogP) is 4.10. The van der Waals surface area contributed by atoms with Crippen LogP contribution in [0.1, 0.15) is 18.3 Å². The van der Waals surface area contributed by atoms with E-state index in [9.17, 15) is 4.39 Å². The molecule has 4 aromatic rings. The Morgan fingerprint density at radius 2 is 2.00 bits per heavy atom. The van der Waals surface area contributed by atoms with Gasteiger partial charge < -0.3 is 25.5 Å². The fourth-order valence-electron chi connectivity index (χ4n) is 3.07. The fourth-order valence-corrected chi connectivity index (χ4v) is 3.07. The molecule has 3 aromatic heterocycles. The zero-order chi connectivity index (χ0) is 21.8. The summed E-state index contributed by atoms with van der Waals surface area (Å²) in [7, 11) is 0. The molecule has 0 spiro atoms. The minimum absolute atomic E-state index is 0.00639. The van der Waals surface area contributed by atoms with Gasteiger partial charge in [-0.1, -0.05) is 6.08 Å². The van der Waals surface area contributed by atoms with Crippen molar-refractivity contribution in [3.63, 3.8) is 0 Å². The molecule has 0 aliphatic rings. The molecule has 0 amide bonds. The molecule has 0 saturated heterocycles. The third-order valence-electron chi connectivity index (χ3n) is 4.36. The van der Waals surface area contributed by atoms with Gasteiger partial charge in [0.05, 0.1) is 12.3 Å². The summed E-state index contributed by atoms with van der Waals surface area (Å²) < 4.78 is 20.6. The first-order chi connectivity index (χ1) is 15.1. The Hall–Kier alpha value is -3.92. The van der Waals surface area contributed by atoms with E-state index in [2.05, 4.69) is 35.8 Å². The molecule has 0 radical (unpaired) electrons. The molecule has 160 valence electrons. The SMILES string of the molecule is C/C=C/c1cc(Nc2cc(NCCO)nc(Oc3ccc4[nH]c(C)cc4c3F)n2)n[nH]1. The van der Waals surface area contributed by atoms with Crippen LogP contribution in [0.2, 0.25) is 0 Å². The number of fused-ring (bicyclic) bond motifs is 1. The zero-order valence-electron chi connectivity index (χ0n) is 17.0. The van der Waals surface area contributed by atoms with E-state index in [0.29, 0.717) is 28.4 Å². The van der Waals surface area contributed by atoms with E-state index in [4.69, 9.17) is 9.84 Å². The summed E-state index contributed by atoms with van der Waals surface area (Å²) in [5, 5.41) is 22.6. The maximum absolute atomic E-state index is 14.9. The van der Waals surface area contributed by atoms with Crippen LogP contribution < -0.4 is 15.4 Å². The number of hydrogen-bond donors (Lipinski definition) is 5. The highest BCUT2D eigenvalue weighted by molar-refractivity contribution is 5.82. The number of nitrogens with zero attached hydrogens (tertiary/aromatic N) is 3. The van der Waals surface area contributed by atoms with E-state index in [-0.39, 0.29) is 24.9 Å². The average molecular weight is 423 g/mol. The summed E-state index contributed by atoms with van der Waals surface area (Å²) in [4.78, 5) is 11.7. The lowest BCUT2D eigenvalue weighted by atomic mass is 10.2. The third kappa shape index (κ3) is 4.64. The monoisotopic (exact) mass is 423 g/mol. The molecular weight excluding hydrogens is 401 g/mol. The van der Waals surface area contributed by atoms with E-state index >= 15 is 0 Å². The Balaban J connectivity index is 1.64. The quantitative estimate of drug-likeness (QED) is 0.289. The summed E-state index contributed by atoms with van der Waals surface area (Å²) in [6.45, 7) is 3.97. The zero-order valence-corrected chi connectivity index (χ0v) is 17.0. The largest absolute Gasteiger partial charge is 0.421 e. The maximum Gasteiger partial charge on any atom is 0.326 e. The van der Waals surface area contributed by atoms with Gasteiger partial charge in [-0.3, -0.25) is 5.10 Å². The van der Waals surface area contributed by atoms with Crippen molar-refractivity contribution in [3.05, 3.63) is 53.6 Å². The molecule has 0 atom stereocenters. The molecule has 10 heteroatoms.